The van der Waals surface area contributed by atoms with E-state index in [9.17, 15) is 9.59 Å². The minimum absolute atomic E-state index is 0.314. The van der Waals surface area contributed by atoms with E-state index in [0.717, 1.165) is 33.1 Å². The molecule has 186 valence electrons. The normalized spacial score (nSPS) is 13.3. The summed E-state index contributed by atoms with van der Waals surface area (Å²) in [5.74, 6) is -0.741. The van der Waals surface area contributed by atoms with Crippen molar-refractivity contribution >= 4 is 44.9 Å². The van der Waals surface area contributed by atoms with Crippen molar-refractivity contribution in [3.63, 3.8) is 0 Å². The van der Waals surface area contributed by atoms with E-state index >= 15 is 0 Å². The van der Waals surface area contributed by atoms with Crippen molar-refractivity contribution in [1.29, 1.82) is 0 Å². The topological polar surface area (TPSA) is 90.8 Å². The monoisotopic (exact) mass is 509 g/mol. The summed E-state index contributed by atoms with van der Waals surface area (Å²) in [6, 6.07) is 25.2. The molecule has 0 aliphatic carbocycles. The fourth-order valence-electron chi connectivity index (χ4n) is 5.55. The quantitative estimate of drug-likeness (QED) is 0.315. The lowest BCUT2D eigenvalue weighted by molar-refractivity contribution is 0.0693. The Bertz CT molecular complexity index is 2150. The molecule has 39 heavy (non-hydrogen) atoms. The molecule has 0 bridgehead atoms. The van der Waals surface area contributed by atoms with Crippen LogP contribution in [0.5, 0.6) is 0 Å². The van der Waals surface area contributed by atoms with Crippen molar-refractivity contribution in [2.45, 2.75) is 0 Å². The third-order valence-corrected chi connectivity index (χ3v) is 7.42. The second-order valence-corrected chi connectivity index (χ2v) is 9.49. The summed E-state index contributed by atoms with van der Waals surface area (Å²) in [6.07, 6.45) is 5.14. The average Bonchev–Trinajstić information content (AvgIpc) is 3.75. The molecular formula is C30H19N7O2. The van der Waals surface area contributed by atoms with Crippen molar-refractivity contribution in [3.05, 3.63) is 109 Å². The summed E-state index contributed by atoms with van der Waals surface area (Å²) in [5, 5.41) is 0. The molecule has 2 amide bonds. The lowest BCUT2D eigenvalue weighted by atomic mass is 10.0. The Morgan fingerprint density at radius 2 is 0.974 bits per heavy atom. The van der Waals surface area contributed by atoms with E-state index in [0.29, 0.717) is 28.2 Å². The highest BCUT2D eigenvalue weighted by Crippen LogP contribution is 2.39. The van der Waals surface area contributed by atoms with Crippen LogP contribution in [-0.2, 0) is 0 Å². The van der Waals surface area contributed by atoms with Crippen LogP contribution in [0.4, 0.5) is 0 Å². The van der Waals surface area contributed by atoms with Crippen LogP contribution in [-0.4, -0.2) is 52.4 Å². The van der Waals surface area contributed by atoms with Gasteiger partial charge in [-0.15, -0.1) is 0 Å². The van der Waals surface area contributed by atoms with E-state index in [-0.39, 0.29) is 11.8 Å². The van der Waals surface area contributed by atoms with Gasteiger partial charge in [0.05, 0.1) is 61.3 Å². The number of carbonyl (C=O) groups excluding carboxylic acids is 2. The first-order valence-electron chi connectivity index (χ1n) is 12.4. The van der Waals surface area contributed by atoms with E-state index in [1.165, 1.54) is 11.9 Å². The Morgan fingerprint density at radius 1 is 0.538 bits per heavy atom. The molecule has 1 aliphatic heterocycles. The molecule has 7 aromatic rings. The fourth-order valence-corrected chi connectivity index (χ4v) is 5.55. The van der Waals surface area contributed by atoms with Gasteiger partial charge >= 0.3 is 0 Å². The number of amides is 2. The zero-order valence-corrected chi connectivity index (χ0v) is 20.7. The molecule has 0 fully saturated rings. The molecule has 4 aromatic carbocycles. The van der Waals surface area contributed by atoms with Crippen LogP contribution in [0.25, 0.3) is 50.2 Å². The summed E-state index contributed by atoms with van der Waals surface area (Å²) in [7, 11) is 1.52. The van der Waals surface area contributed by atoms with Gasteiger partial charge in [0.15, 0.2) is 0 Å². The van der Waals surface area contributed by atoms with E-state index in [1.807, 2.05) is 92.6 Å². The van der Waals surface area contributed by atoms with Gasteiger partial charge in [-0.25, -0.2) is 15.0 Å². The van der Waals surface area contributed by atoms with Crippen molar-refractivity contribution in [2.24, 2.45) is 0 Å². The number of aromatic nitrogens is 6. The van der Waals surface area contributed by atoms with Gasteiger partial charge in [-0.1, -0.05) is 36.4 Å². The van der Waals surface area contributed by atoms with Gasteiger partial charge in [0.2, 0.25) is 0 Å². The van der Waals surface area contributed by atoms with Crippen LogP contribution in [0, 0.1) is 0 Å². The molecular weight excluding hydrogens is 490 g/mol. The predicted octanol–water partition coefficient (Wildman–Crippen LogP) is 4.93. The second-order valence-electron chi connectivity index (χ2n) is 9.49. The minimum atomic E-state index is -0.375. The third kappa shape index (κ3) is 2.86. The molecule has 0 saturated heterocycles. The second kappa shape index (κ2) is 7.72. The van der Waals surface area contributed by atoms with Gasteiger partial charge in [0.25, 0.3) is 11.8 Å². The van der Waals surface area contributed by atoms with E-state index in [2.05, 4.69) is 15.0 Å². The number of rotatable bonds is 3. The Balaban J connectivity index is 1.57. The minimum Gasteiger partial charge on any atom is -0.298 e. The molecule has 9 nitrogen and oxygen atoms in total. The molecule has 0 spiro atoms. The number of carbonyl (C=O) groups is 2. The Morgan fingerprint density at radius 3 is 1.54 bits per heavy atom. The number of hydrogen-bond donors (Lipinski definition) is 0. The molecule has 3 aromatic heterocycles. The smallest absolute Gasteiger partial charge is 0.263 e. The zero-order chi connectivity index (χ0) is 26.2. The summed E-state index contributed by atoms with van der Waals surface area (Å²) >= 11 is 0. The molecule has 1 aliphatic rings. The lowest BCUT2D eigenvalue weighted by Gasteiger charge is -2.19. The summed E-state index contributed by atoms with van der Waals surface area (Å²) in [5.41, 5.74) is 7.37. The van der Waals surface area contributed by atoms with Crippen molar-refractivity contribution < 1.29 is 9.59 Å². The van der Waals surface area contributed by atoms with Gasteiger partial charge in [-0.2, -0.15) is 0 Å². The lowest BCUT2D eigenvalue weighted by Crippen LogP contribution is -2.24. The fraction of sp³-hybridized carbons (Fsp3) is 0.0333. The Labute approximate surface area is 221 Å². The highest BCUT2D eigenvalue weighted by Gasteiger charge is 2.40. The maximum absolute atomic E-state index is 13.9. The Hall–Kier alpha value is -5.57. The number of hydrogen-bond acceptors (Lipinski definition) is 5. The molecule has 4 heterocycles. The van der Waals surface area contributed by atoms with Gasteiger partial charge < -0.3 is 0 Å². The van der Waals surface area contributed by atoms with Crippen molar-refractivity contribution in [3.8, 4) is 17.1 Å². The maximum Gasteiger partial charge on any atom is 0.263 e. The van der Waals surface area contributed by atoms with E-state index in [4.69, 9.17) is 0 Å². The first kappa shape index (κ1) is 21.5. The largest absolute Gasteiger partial charge is 0.298 e. The number of para-hydroxylation sites is 6. The van der Waals surface area contributed by atoms with Gasteiger partial charge in [-0.05, 0) is 42.5 Å². The first-order chi connectivity index (χ1) is 19.1. The van der Waals surface area contributed by atoms with E-state index < -0.39 is 0 Å². The van der Waals surface area contributed by atoms with Crippen molar-refractivity contribution in [1.82, 2.24) is 33.6 Å². The molecule has 0 unspecified atom stereocenters. The van der Waals surface area contributed by atoms with Crippen LogP contribution in [0.1, 0.15) is 20.7 Å². The highest BCUT2D eigenvalue weighted by atomic mass is 16.2. The molecule has 0 saturated carbocycles. The zero-order valence-electron chi connectivity index (χ0n) is 20.7. The number of benzene rings is 4. The standard InChI is InChI=1S/C30H19N7O2/c1-34-29(38)26-24(35-15-31-18-8-2-5-11-21(18)35)14-25(36-16-32-19-9-3-6-12-22(19)36)28(27(26)30(34)39)37-17-33-20-10-4-7-13-23(20)37/h2-17H,1H3. The maximum atomic E-state index is 13.9. The molecule has 8 rings (SSSR count). The molecule has 9 heteroatoms. The molecule has 0 N–H and O–H groups in total. The predicted molar refractivity (Wildman–Crippen MR) is 147 cm³/mol. The Kier molecular flexibility index (Phi) is 4.26. The molecule has 0 radical (unpaired) electrons. The van der Waals surface area contributed by atoms with Crippen LogP contribution in [0.15, 0.2) is 97.8 Å². The van der Waals surface area contributed by atoms with Crippen LogP contribution < -0.4 is 0 Å². The van der Waals surface area contributed by atoms with E-state index in [1.54, 1.807) is 19.0 Å². The van der Waals surface area contributed by atoms with Gasteiger partial charge in [0, 0.05) is 7.05 Å². The van der Waals surface area contributed by atoms with Crippen LogP contribution >= 0.6 is 0 Å². The summed E-state index contributed by atoms with van der Waals surface area (Å²) in [6.45, 7) is 0. The SMILES string of the molecule is CN1C(=O)c2c(-n3cnc4ccccc43)cc(-n3cnc4ccccc43)c(-n3cnc4ccccc43)c2C1=O. The van der Waals surface area contributed by atoms with Gasteiger partial charge in [-0.3, -0.25) is 28.2 Å². The number of fused-ring (bicyclic) bond motifs is 4. The van der Waals surface area contributed by atoms with Gasteiger partial charge in [0.1, 0.15) is 19.0 Å². The third-order valence-electron chi connectivity index (χ3n) is 7.42. The van der Waals surface area contributed by atoms with Crippen LogP contribution in [0.2, 0.25) is 0 Å². The summed E-state index contributed by atoms with van der Waals surface area (Å²) in [4.78, 5) is 42.5. The highest BCUT2D eigenvalue weighted by molar-refractivity contribution is 6.25. The summed E-state index contributed by atoms with van der Waals surface area (Å²) < 4.78 is 5.72. The number of nitrogens with zero attached hydrogens (tertiary/aromatic N) is 7. The number of imidazole rings is 3. The molecule has 0 atom stereocenters. The van der Waals surface area contributed by atoms with Crippen molar-refractivity contribution in [2.75, 3.05) is 7.05 Å². The van der Waals surface area contributed by atoms with Crippen LogP contribution in [0.3, 0.4) is 0 Å². The average molecular weight is 510 g/mol. The number of imide groups is 1. The first-order valence-corrected chi connectivity index (χ1v) is 12.4.